The zero-order valence-electron chi connectivity index (χ0n) is 25.3. The molecule has 0 spiro atoms. The van der Waals surface area contributed by atoms with Crippen molar-refractivity contribution in [1.29, 1.82) is 0 Å². The van der Waals surface area contributed by atoms with Crippen molar-refractivity contribution in [2.75, 3.05) is 98.9 Å². The fourth-order valence-corrected chi connectivity index (χ4v) is 6.61. The third kappa shape index (κ3) is 26.0. The molecule has 0 saturated carbocycles. The SMILES string of the molecule is O=NN(CCCl)C(=O)NCCSSCCN(N=O)C(=O)NCCCl.O=NN(CCSSCCN(N=O)C(=O)NCCCl)C(=O)NCCCl. The van der Waals surface area contributed by atoms with Crippen LogP contribution in [0.5, 0.6) is 0 Å². The molecule has 0 heterocycles. The number of halogens is 4. The molecule has 0 bridgehead atoms. The number of rotatable bonds is 26. The van der Waals surface area contributed by atoms with Crippen molar-refractivity contribution in [3.63, 3.8) is 0 Å². The lowest BCUT2D eigenvalue weighted by Crippen LogP contribution is -2.38. The molecule has 8 amide bonds. The van der Waals surface area contributed by atoms with Crippen molar-refractivity contribution >= 4 is 114 Å². The van der Waals surface area contributed by atoms with Crippen molar-refractivity contribution in [1.82, 2.24) is 41.3 Å². The topological polar surface area (TPSA) is 247 Å². The van der Waals surface area contributed by atoms with Crippen LogP contribution in [0.25, 0.3) is 0 Å². The van der Waals surface area contributed by atoms with E-state index < -0.39 is 24.1 Å². The standard InChI is InChI=1S/2C10H18Cl2N6O4S2/c11-1-3-13-9(19)18(16-22)6-8-24-23-7-4-14-10(20)17(15-21)5-2-12;11-1-3-13-9(19)17(15-21)5-7-23-24-8-6-18(16-22)10(20)14-4-2-12/h2*1-8H2,(H,13,19)(H,14,20). The minimum Gasteiger partial charge on any atom is -0.336 e. The van der Waals surface area contributed by atoms with Gasteiger partial charge in [-0.2, -0.15) is 20.0 Å². The first-order chi connectivity index (χ1) is 23.2. The summed E-state index contributed by atoms with van der Waals surface area (Å²) >= 11 is 21.7. The van der Waals surface area contributed by atoms with Gasteiger partial charge in [-0.1, -0.05) is 43.2 Å². The van der Waals surface area contributed by atoms with Gasteiger partial charge in [-0.25, -0.2) is 19.2 Å². The molecule has 20 nitrogen and oxygen atoms in total. The number of nitrogens with one attached hydrogen (secondary N) is 4. The number of carbonyl (C=O) groups is 4. The predicted molar refractivity (Wildman–Crippen MR) is 196 cm³/mol. The lowest BCUT2D eigenvalue weighted by Gasteiger charge is -2.14. The fraction of sp³-hybridized carbons (Fsp3) is 0.800. The minimum absolute atomic E-state index is 0.0408. The Balaban J connectivity index is 0. The second-order valence-electron chi connectivity index (χ2n) is 7.79. The van der Waals surface area contributed by atoms with Crippen LogP contribution in [0.15, 0.2) is 21.1 Å². The van der Waals surface area contributed by atoms with Crippen LogP contribution in [0, 0.1) is 19.6 Å². The largest absolute Gasteiger partial charge is 0.340 e. The van der Waals surface area contributed by atoms with E-state index in [0.29, 0.717) is 34.6 Å². The van der Waals surface area contributed by atoms with Gasteiger partial charge in [0.1, 0.15) is 0 Å². The van der Waals surface area contributed by atoms with Crippen molar-refractivity contribution in [2.45, 2.75) is 0 Å². The molecule has 4 N–H and O–H groups in total. The highest BCUT2D eigenvalue weighted by molar-refractivity contribution is 8.77. The average molecular weight is 843 g/mol. The smallest absolute Gasteiger partial charge is 0.336 e. The summed E-state index contributed by atoms with van der Waals surface area (Å²) in [5.41, 5.74) is 0. The molecule has 0 aromatic rings. The molecule has 0 fully saturated rings. The average Bonchev–Trinajstić information content (AvgIpc) is 3.09. The van der Waals surface area contributed by atoms with Gasteiger partial charge in [0.2, 0.25) is 0 Å². The van der Waals surface area contributed by atoms with E-state index in [1.54, 1.807) is 0 Å². The highest BCUT2D eigenvalue weighted by Crippen LogP contribution is 2.21. The normalized spacial score (nSPS) is 9.92. The summed E-state index contributed by atoms with van der Waals surface area (Å²) in [5, 5.41) is 23.3. The molecule has 28 heteroatoms. The number of hydrogen-bond acceptors (Lipinski definition) is 16. The Hall–Kier alpha value is -1.96. The van der Waals surface area contributed by atoms with E-state index in [1.807, 2.05) is 0 Å². The summed E-state index contributed by atoms with van der Waals surface area (Å²) in [6, 6.07) is -2.42. The maximum absolute atomic E-state index is 11.5. The van der Waals surface area contributed by atoms with Gasteiger partial charge in [-0.3, -0.25) is 0 Å². The summed E-state index contributed by atoms with van der Waals surface area (Å²) in [6.07, 6.45) is 0. The summed E-state index contributed by atoms with van der Waals surface area (Å²) < 4.78 is 0. The van der Waals surface area contributed by atoms with Gasteiger partial charge in [-0.15, -0.1) is 66.0 Å². The third-order valence-electron chi connectivity index (χ3n) is 4.53. The molecule has 0 aliphatic heterocycles. The second-order valence-corrected chi connectivity index (χ2v) is 14.7. The van der Waals surface area contributed by atoms with Gasteiger partial charge < -0.3 is 21.3 Å². The maximum atomic E-state index is 11.5. The van der Waals surface area contributed by atoms with Crippen LogP contribution in [0.3, 0.4) is 0 Å². The number of carbonyl (C=O) groups excluding carboxylic acids is 4. The molecule has 0 aromatic carbocycles. The zero-order valence-corrected chi connectivity index (χ0v) is 31.6. The summed E-state index contributed by atoms with van der Waals surface area (Å²) in [6.45, 7) is 1.52. The van der Waals surface area contributed by atoms with Crippen LogP contribution < -0.4 is 21.3 Å². The van der Waals surface area contributed by atoms with Gasteiger partial charge in [0.25, 0.3) is 0 Å². The second kappa shape index (κ2) is 34.9. The van der Waals surface area contributed by atoms with Crippen LogP contribution in [-0.2, 0) is 0 Å². The summed E-state index contributed by atoms with van der Waals surface area (Å²) in [4.78, 5) is 88.0. The van der Waals surface area contributed by atoms with Gasteiger partial charge in [0.15, 0.2) is 0 Å². The molecular formula is C20H36Cl4N12O8S4. The molecule has 48 heavy (non-hydrogen) atoms. The van der Waals surface area contributed by atoms with E-state index in [9.17, 15) is 38.8 Å². The van der Waals surface area contributed by atoms with Crippen molar-refractivity contribution in [2.24, 2.45) is 21.1 Å². The summed E-state index contributed by atoms with van der Waals surface area (Å²) in [5.74, 6) is 2.77. The van der Waals surface area contributed by atoms with Crippen molar-refractivity contribution < 1.29 is 19.2 Å². The molecule has 0 aliphatic rings. The molecule has 0 radical (unpaired) electrons. The molecule has 0 aliphatic carbocycles. The predicted octanol–water partition coefficient (Wildman–Crippen LogP) is 4.46. The number of nitroso groups, excluding NO2 is 4. The monoisotopic (exact) mass is 840 g/mol. The highest BCUT2D eigenvalue weighted by Gasteiger charge is 2.16. The fourth-order valence-electron chi connectivity index (χ4n) is 2.43. The molecular weight excluding hydrogens is 806 g/mol. The highest BCUT2D eigenvalue weighted by atomic mass is 35.5. The lowest BCUT2D eigenvalue weighted by atomic mass is 10.6. The first-order valence-corrected chi connectivity index (χ1v) is 20.6. The van der Waals surface area contributed by atoms with Crippen LogP contribution >= 0.6 is 89.6 Å². The molecule has 0 aromatic heterocycles. The first kappa shape index (κ1) is 48.2. The minimum atomic E-state index is -0.608. The Kier molecular flexibility index (Phi) is 35.0. The Labute approximate surface area is 312 Å². The van der Waals surface area contributed by atoms with Gasteiger partial charge in [-0.05, 0) is 0 Å². The number of hydrogen-bond donors (Lipinski definition) is 4. The maximum Gasteiger partial charge on any atom is 0.340 e. The zero-order chi connectivity index (χ0) is 36.4. The first-order valence-electron chi connectivity index (χ1n) is 13.5. The number of alkyl halides is 4. The Bertz CT molecular complexity index is 924. The van der Waals surface area contributed by atoms with E-state index in [2.05, 4.69) is 42.4 Å². The molecule has 0 atom stereocenters. The Morgan fingerprint density at radius 1 is 0.417 bits per heavy atom. The van der Waals surface area contributed by atoms with Crippen LogP contribution in [0.1, 0.15) is 0 Å². The Morgan fingerprint density at radius 2 is 0.688 bits per heavy atom. The number of urea groups is 4. The van der Waals surface area contributed by atoms with Crippen molar-refractivity contribution in [3.05, 3.63) is 19.6 Å². The van der Waals surface area contributed by atoms with E-state index in [4.69, 9.17) is 46.4 Å². The molecule has 0 unspecified atom stereocenters. The Morgan fingerprint density at radius 3 is 0.958 bits per heavy atom. The van der Waals surface area contributed by atoms with Gasteiger partial charge in [0, 0.05) is 72.7 Å². The molecule has 0 rings (SSSR count). The molecule has 0 saturated heterocycles. The molecule has 276 valence electrons. The quantitative estimate of drug-likeness (QED) is 0.0310. The van der Waals surface area contributed by atoms with Crippen LogP contribution in [0.4, 0.5) is 19.2 Å². The van der Waals surface area contributed by atoms with Crippen molar-refractivity contribution in [3.8, 4) is 0 Å². The van der Waals surface area contributed by atoms with E-state index in [0.717, 1.165) is 15.0 Å². The van der Waals surface area contributed by atoms with E-state index >= 15 is 0 Å². The lowest BCUT2D eigenvalue weighted by molar-refractivity contribution is 0.202. The van der Waals surface area contributed by atoms with Gasteiger partial charge in [0.05, 0.1) is 47.3 Å². The van der Waals surface area contributed by atoms with E-state index in [1.165, 1.54) is 43.2 Å². The third-order valence-corrected chi connectivity index (χ3v) is 10.0. The number of nitrogens with zero attached hydrogens (tertiary/aromatic N) is 8. The van der Waals surface area contributed by atoms with Gasteiger partial charge >= 0.3 is 24.1 Å². The van der Waals surface area contributed by atoms with E-state index in [-0.39, 0.29) is 69.3 Å². The number of amides is 8. The van der Waals surface area contributed by atoms with Crippen LogP contribution in [-0.4, -0.2) is 143 Å². The summed E-state index contributed by atoms with van der Waals surface area (Å²) in [7, 11) is 5.58. The van der Waals surface area contributed by atoms with Crippen LogP contribution in [0.2, 0.25) is 0 Å².